The number of aromatic nitrogens is 1. The summed E-state index contributed by atoms with van der Waals surface area (Å²) < 4.78 is 19.4. The quantitative estimate of drug-likeness (QED) is 0.603. The highest BCUT2D eigenvalue weighted by molar-refractivity contribution is 6.00. The highest BCUT2D eigenvalue weighted by atomic mass is 19.1. The second-order valence-electron chi connectivity index (χ2n) is 8.08. The van der Waals surface area contributed by atoms with Crippen LogP contribution in [-0.2, 0) is 11.2 Å². The lowest BCUT2D eigenvalue weighted by molar-refractivity contribution is -0.131. The lowest BCUT2D eigenvalue weighted by Crippen LogP contribution is -2.58. The molecule has 4 rings (SSSR count). The topological polar surface area (TPSA) is 75.4 Å². The van der Waals surface area contributed by atoms with Crippen molar-refractivity contribution < 1.29 is 18.5 Å². The molecule has 1 atom stereocenters. The van der Waals surface area contributed by atoms with Gasteiger partial charge in [-0.3, -0.25) is 9.59 Å². The van der Waals surface area contributed by atoms with Gasteiger partial charge in [-0.1, -0.05) is 48.5 Å². The van der Waals surface area contributed by atoms with E-state index >= 15 is 0 Å². The Balaban J connectivity index is 1.67. The van der Waals surface area contributed by atoms with E-state index in [0.29, 0.717) is 37.4 Å². The number of amides is 2. The monoisotopic (exact) mass is 435 g/mol. The smallest absolute Gasteiger partial charge is 0.254 e. The van der Waals surface area contributed by atoms with E-state index in [1.54, 1.807) is 11.0 Å². The van der Waals surface area contributed by atoms with Crippen LogP contribution in [0.4, 0.5) is 4.39 Å². The molecule has 1 aromatic heterocycles. The standard InChI is InChI=1S/C25H26FN3O3/c1-2-13-27-24(31)25(17-21-16-22(28-32-21)18-8-4-3-5-9-18)12-7-14-29(25)23(30)19-10-6-11-20(26)15-19/h3-6,8-11,15-16H,2,7,12-14,17H2,1H3,(H,27,31). The van der Waals surface area contributed by atoms with Crippen molar-refractivity contribution in [2.75, 3.05) is 13.1 Å². The summed E-state index contributed by atoms with van der Waals surface area (Å²) in [6.45, 7) is 2.89. The Morgan fingerprint density at radius 3 is 2.72 bits per heavy atom. The largest absolute Gasteiger partial charge is 0.361 e. The second kappa shape index (κ2) is 9.34. The predicted molar refractivity (Wildman–Crippen MR) is 118 cm³/mol. The fraction of sp³-hybridized carbons (Fsp3) is 0.320. The molecule has 0 aliphatic carbocycles. The SMILES string of the molecule is CCCNC(=O)C1(Cc2cc(-c3ccccc3)no2)CCCN1C(=O)c1cccc(F)c1. The van der Waals surface area contributed by atoms with Crippen molar-refractivity contribution in [2.24, 2.45) is 0 Å². The van der Waals surface area contributed by atoms with Crippen LogP contribution in [0.1, 0.15) is 42.3 Å². The van der Waals surface area contributed by atoms with Gasteiger partial charge >= 0.3 is 0 Å². The number of likely N-dealkylation sites (tertiary alicyclic amines) is 1. The first-order valence-electron chi connectivity index (χ1n) is 10.9. The number of benzene rings is 2. The first-order valence-corrected chi connectivity index (χ1v) is 10.9. The van der Waals surface area contributed by atoms with E-state index in [9.17, 15) is 14.0 Å². The van der Waals surface area contributed by atoms with Crippen LogP contribution in [0.25, 0.3) is 11.3 Å². The molecule has 1 unspecified atom stereocenters. The molecular formula is C25H26FN3O3. The number of rotatable bonds is 7. The number of nitrogens with one attached hydrogen (secondary N) is 1. The number of hydrogen-bond acceptors (Lipinski definition) is 4. The molecule has 2 aromatic carbocycles. The highest BCUT2D eigenvalue weighted by Crippen LogP contribution is 2.35. The lowest BCUT2D eigenvalue weighted by atomic mass is 9.88. The fourth-order valence-corrected chi connectivity index (χ4v) is 4.28. The Bertz CT molecular complexity index is 1100. The van der Waals surface area contributed by atoms with Crippen LogP contribution in [0, 0.1) is 5.82 Å². The average molecular weight is 435 g/mol. The summed E-state index contributed by atoms with van der Waals surface area (Å²) in [4.78, 5) is 28.3. The average Bonchev–Trinajstić information content (AvgIpc) is 3.46. The first kappa shape index (κ1) is 21.7. The van der Waals surface area contributed by atoms with Gasteiger partial charge in [-0.2, -0.15) is 0 Å². The van der Waals surface area contributed by atoms with Crippen LogP contribution in [0.2, 0.25) is 0 Å². The van der Waals surface area contributed by atoms with Crippen molar-refractivity contribution in [3.8, 4) is 11.3 Å². The summed E-state index contributed by atoms with van der Waals surface area (Å²) in [5, 5.41) is 7.11. The summed E-state index contributed by atoms with van der Waals surface area (Å²) in [5.74, 6) is -0.552. The van der Waals surface area contributed by atoms with Gasteiger partial charge < -0.3 is 14.7 Å². The zero-order valence-electron chi connectivity index (χ0n) is 18.0. The van der Waals surface area contributed by atoms with Crippen LogP contribution in [0.5, 0.6) is 0 Å². The molecule has 1 saturated heterocycles. The van der Waals surface area contributed by atoms with Gasteiger partial charge in [-0.25, -0.2) is 4.39 Å². The van der Waals surface area contributed by atoms with Crippen molar-refractivity contribution in [2.45, 2.75) is 38.1 Å². The molecule has 0 saturated carbocycles. The maximum Gasteiger partial charge on any atom is 0.254 e. The van der Waals surface area contributed by atoms with E-state index in [2.05, 4.69) is 10.5 Å². The normalized spacial score (nSPS) is 18.0. The van der Waals surface area contributed by atoms with Crippen LogP contribution < -0.4 is 5.32 Å². The van der Waals surface area contributed by atoms with Crippen LogP contribution in [0.15, 0.2) is 65.2 Å². The molecule has 1 aliphatic heterocycles. The third-order valence-corrected chi connectivity index (χ3v) is 5.86. The minimum atomic E-state index is -1.12. The minimum absolute atomic E-state index is 0.198. The summed E-state index contributed by atoms with van der Waals surface area (Å²) >= 11 is 0. The van der Waals surface area contributed by atoms with Crippen molar-refractivity contribution >= 4 is 11.8 Å². The molecule has 1 N–H and O–H groups in total. The summed E-state index contributed by atoms with van der Waals surface area (Å²) in [7, 11) is 0. The number of hydrogen-bond donors (Lipinski definition) is 1. The zero-order chi connectivity index (χ0) is 22.6. The predicted octanol–water partition coefficient (Wildman–Crippen LogP) is 4.22. The Kier molecular flexibility index (Phi) is 6.35. The molecule has 3 aromatic rings. The van der Waals surface area contributed by atoms with Crippen molar-refractivity contribution in [3.05, 3.63) is 77.8 Å². The molecule has 0 bridgehead atoms. The summed E-state index contributed by atoms with van der Waals surface area (Å²) in [5.41, 5.74) is 0.686. The van der Waals surface area contributed by atoms with Gasteiger partial charge in [0.25, 0.3) is 5.91 Å². The second-order valence-corrected chi connectivity index (χ2v) is 8.08. The van der Waals surface area contributed by atoms with Crippen LogP contribution >= 0.6 is 0 Å². The van der Waals surface area contributed by atoms with Gasteiger partial charge in [0.2, 0.25) is 5.91 Å². The molecule has 32 heavy (non-hydrogen) atoms. The maximum atomic E-state index is 13.8. The van der Waals surface area contributed by atoms with Gasteiger partial charge in [-0.15, -0.1) is 0 Å². The van der Waals surface area contributed by atoms with Crippen molar-refractivity contribution in [1.82, 2.24) is 15.4 Å². The first-order chi connectivity index (χ1) is 15.5. The number of halogens is 1. The summed E-state index contributed by atoms with van der Waals surface area (Å²) in [6, 6.07) is 17.0. The van der Waals surface area contributed by atoms with Crippen molar-refractivity contribution in [3.63, 3.8) is 0 Å². The maximum absolute atomic E-state index is 13.8. The van der Waals surface area contributed by atoms with Gasteiger partial charge in [0.1, 0.15) is 22.8 Å². The van der Waals surface area contributed by atoms with Gasteiger partial charge in [-0.05, 0) is 37.5 Å². The van der Waals surface area contributed by atoms with Gasteiger partial charge in [0.15, 0.2) is 0 Å². The minimum Gasteiger partial charge on any atom is -0.361 e. The lowest BCUT2D eigenvalue weighted by Gasteiger charge is -2.36. The molecule has 1 fully saturated rings. The van der Waals surface area contributed by atoms with Crippen LogP contribution in [0.3, 0.4) is 0 Å². The molecule has 0 spiro atoms. The molecule has 1 aliphatic rings. The molecule has 7 heteroatoms. The van der Waals surface area contributed by atoms with Crippen molar-refractivity contribution in [1.29, 1.82) is 0 Å². The molecule has 0 radical (unpaired) electrons. The Morgan fingerprint density at radius 2 is 1.97 bits per heavy atom. The van der Waals surface area contributed by atoms with Crippen LogP contribution in [-0.4, -0.2) is 40.5 Å². The van der Waals surface area contributed by atoms with E-state index in [4.69, 9.17) is 4.52 Å². The molecular weight excluding hydrogens is 409 g/mol. The van der Waals surface area contributed by atoms with Gasteiger partial charge in [0, 0.05) is 36.7 Å². The van der Waals surface area contributed by atoms with E-state index in [1.165, 1.54) is 18.2 Å². The molecule has 2 amide bonds. The van der Waals surface area contributed by atoms with E-state index in [0.717, 1.165) is 12.0 Å². The van der Waals surface area contributed by atoms with Gasteiger partial charge in [0.05, 0.1) is 0 Å². The van der Waals surface area contributed by atoms with E-state index in [1.807, 2.05) is 43.3 Å². The number of carbonyl (C=O) groups is 2. The Morgan fingerprint density at radius 1 is 1.16 bits per heavy atom. The molecule has 6 nitrogen and oxygen atoms in total. The summed E-state index contributed by atoms with van der Waals surface area (Å²) in [6.07, 6.45) is 2.13. The fourth-order valence-electron chi connectivity index (χ4n) is 4.28. The van der Waals surface area contributed by atoms with E-state index in [-0.39, 0.29) is 23.8 Å². The molecule has 2 heterocycles. The van der Waals surface area contributed by atoms with E-state index < -0.39 is 11.4 Å². The Hall–Kier alpha value is -3.48. The zero-order valence-corrected chi connectivity index (χ0v) is 18.0. The Labute approximate surface area is 186 Å². The number of nitrogens with zero attached hydrogens (tertiary/aromatic N) is 2. The molecule has 166 valence electrons. The third-order valence-electron chi connectivity index (χ3n) is 5.86. The highest BCUT2D eigenvalue weighted by Gasteiger charge is 2.50. The third kappa shape index (κ3) is 4.28. The number of carbonyl (C=O) groups excluding carboxylic acids is 2.